The second kappa shape index (κ2) is 19.8. The van der Waals surface area contributed by atoms with Crippen LogP contribution in [-0.2, 0) is 33.2 Å². The summed E-state index contributed by atoms with van der Waals surface area (Å²) in [6.07, 6.45) is 6.34. The predicted octanol–water partition coefficient (Wildman–Crippen LogP) is 7.05. The van der Waals surface area contributed by atoms with Crippen LogP contribution >= 0.6 is 15.9 Å². The Hall–Kier alpha value is -2.58. The lowest BCUT2D eigenvalue weighted by molar-refractivity contribution is -0.181. The SMILES string of the molecule is COCCOC(=O)C1(OCCOC)CCC(c2nc3c(-c4ccc(C=O)nc4)cnn3c(N(COCC[Si](C)(C)C)COCC[Si](C)(C)C)c2Br)CC1. The highest BCUT2D eigenvalue weighted by Gasteiger charge is 2.45. The lowest BCUT2D eigenvalue weighted by Gasteiger charge is -2.38. The molecule has 1 saturated carbocycles. The van der Waals surface area contributed by atoms with Crippen LogP contribution < -0.4 is 4.90 Å². The van der Waals surface area contributed by atoms with Gasteiger partial charge in [-0.1, -0.05) is 45.3 Å². The molecule has 0 aliphatic heterocycles. The number of carbonyl (C=O) groups excluding carboxylic acids is 2. The molecule has 3 aromatic rings. The predicted molar refractivity (Wildman–Crippen MR) is 214 cm³/mol. The smallest absolute Gasteiger partial charge is 0.338 e. The lowest BCUT2D eigenvalue weighted by atomic mass is 9.77. The Bertz CT molecular complexity index is 1600. The van der Waals surface area contributed by atoms with E-state index in [1.807, 2.05) is 10.6 Å². The molecule has 0 bridgehead atoms. The Kier molecular flexibility index (Phi) is 16.2. The number of fused-ring (bicyclic) bond motifs is 1. The molecular formula is C37H58BrN5O8Si2. The molecule has 0 unspecified atom stereocenters. The molecule has 0 aromatic carbocycles. The first-order valence-electron chi connectivity index (χ1n) is 18.4. The normalized spacial score (nSPS) is 18.0. The number of aldehydes is 1. The Morgan fingerprint density at radius 2 is 1.55 bits per heavy atom. The van der Waals surface area contributed by atoms with Crippen molar-refractivity contribution in [2.45, 2.75) is 88.6 Å². The fourth-order valence-corrected chi connectivity index (χ4v) is 8.40. The van der Waals surface area contributed by atoms with E-state index in [4.69, 9.17) is 38.5 Å². The zero-order valence-corrected chi connectivity index (χ0v) is 36.3. The van der Waals surface area contributed by atoms with E-state index < -0.39 is 21.7 Å². The molecule has 16 heteroatoms. The van der Waals surface area contributed by atoms with Crippen LogP contribution in [0.25, 0.3) is 16.8 Å². The van der Waals surface area contributed by atoms with Gasteiger partial charge in [0.1, 0.15) is 25.8 Å². The molecule has 4 rings (SSSR count). The number of hydrogen-bond donors (Lipinski definition) is 0. The largest absolute Gasteiger partial charge is 0.461 e. The van der Waals surface area contributed by atoms with Crippen molar-refractivity contribution < 1.29 is 38.0 Å². The van der Waals surface area contributed by atoms with Crippen LogP contribution in [0.3, 0.4) is 0 Å². The van der Waals surface area contributed by atoms with Gasteiger partial charge in [-0.05, 0) is 59.8 Å². The Labute approximate surface area is 324 Å². The second-order valence-electron chi connectivity index (χ2n) is 16.0. The summed E-state index contributed by atoms with van der Waals surface area (Å²) in [5.41, 5.74) is 2.31. The third-order valence-electron chi connectivity index (χ3n) is 9.34. The first-order valence-corrected chi connectivity index (χ1v) is 26.6. The van der Waals surface area contributed by atoms with E-state index >= 15 is 0 Å². The number of anilines is 1. The quantitative estimate of drug-likeness (QED) is 0.0338. The van der Waals surface area contributed by atoms with Gasteiger partial charge in [0, 0.05) is 66.8 Å². The van der Waals surface area contributed by atoms with Crippen LogP contribution in [0.1, 0.15) is 47.8 Å². The summed E-state index contributed by atoms with van der Waals surface area (Å²) in [7, 11) is 0.540. The third kappa shape index (κ3) is 12.2. The Morgan fingerprint density at radius 3 is 2.09 bits per heavy atom. The number of aromatic nitrogens is 4. The van der Waals surface area contributed by atoms with Crippen LogP contribution in [0.2, 0.25) is 51.4 Å². The molecule has 3 heterocycles. The zero-order valence-electron chi connectivity index (χ0n) is 32.7. The fourth-order valence-electron chi connectivity index (χ4n) is 6.06. The molecule has 1 aliphatic rings. The average molecular weight is 837 g/mol. The van der Waals surface area contributed by atoms with Gasteiger partial charge in [-0.2, -0.15) is 9.61 Å². The summed E-state index contributed by atoms with van der Waals surface area (Å²) in [5.74, 6) is 0.371. The number of halogens is 1. The number of esters is 1. The van der Waals surface area contributed by atoms with Crippen LogP contribution in [0.15, 0.2) is 29.0 Å². The minimum Gasteiger partial charge on any atom is -0.461 e. The van der Waals surface area contributed by atoms with Gasteiger partial charge in [0.25, 0.3) is 0 Å². The van der Waals surface area contributed by atoms with Gasteiger partial charge >= 0.3 is 5.97 Å². The summed E-state index contributed by atoms with van der Waals surface area (Å²) < 4.78 is 37.5. The second-order valence-corrected chi connectivity index (χ2v) is 28.0. The monoisotopic (exact) mass is 835 g/mol. The molecular weight excluding hydrogens is 779 g/mol. The van der Waals surface area contributed by atoms with Crippen molar-refractivity contribution in [1.82, 2.24) is 19.6 Å². The van der Waals surface area contributed by atoms with Crippen molar-refractivity contribution in [2.24, 2.45) is 0 Å². The number of rotatable bonds is 22. The first-order chi connectivity index (χ1) is 25.2. The molecule has 0 N–H and O–H groups in total. The van der Waals surface area contributed by atoms with Crippen LogP contribution in [0.5, 0.6) is 0 Å². The number of ether oxygens (including phenoxy) is 6. The van der Waals surface area contributed by atoms with Crippen molar-refractivity contribution in [3.05, 3.63) is 40.4 Å². The molecule has 3 aromatic heterocycles. The highest BCUT2D eigenvalue weighted by Crippen LogP contribution is 2.45. The highest BCUT2D eigenvalue weighted by molar-refractivity contribution is 9.10. The minimum absolute atomic E-state index is 0.0140. The van der Waals surface area contributed by atoms with Crippen molar-refractivity contribution in [1.29, 1.82) is 0 Å². The Morgan fingerprint density at radius 1 is 0.925 bits per heavy atom. The van der Waals surface area contributed by atoms with Crippen molar-refractivity contribution in [2.75, 3.05) is 72.2 Å². The van der Waals surface area contributed by atoms with Gasteiger partial charge in [0.2, 0.25) is 0 Å². The van der Waals surface area contributed by atoms with Crippen LogP contribution in [0, 0.1) is 0 Å². The Balaban J connectivity index is 1.76. The van der Waals surface area contributed by atoms with Crippen molar-refractivity contribution in [3.63, 3.8) is 0 Å². The summed E-state index contributed by atoms with van der Waals surface area (Å²) in [5, 5.41) is 4.85. The number of hydrogen-bond acceptors (Lipinski definition) is 12. The summed E-state index contributed by atoms with van der Waals surface area (Å²) >= 11 is 3.99. The van der Waals surface area contributed by atoms with E-state index in [-0.39, 0.29) is 25.1 Å². The van der Waals surface area contributed by atoms with Gasteiger partial charge in [0.05, 0.1) is 36.2 Å². The molecule has 53 heavy (non-hydrogen) atoms. The van der Waals surface area contributed by atoms with E-state index in [9.17, 15) is 9.59 Å². The summed E-state index contributed by atoms with van der Waals surface area (Å²) in [4.78, 5) is 36.5. The lowest BCUT2D eigenvalue weighted by Crippen LogP contribution is -2.46. The van der Waals surface area contributed by atoms with E-state index in [0.717, 1.165) is 45.5 Å². The molecule has 294 valence electrons. The van der Waals surface area contributed by atoms with Crippen molar-refractivity contribution >= 4 is 55.8 Å². The molecule has 1 fully saturated rings. The maximum atomic E-state index is 13.5. The molecule has 0 amide bonds. The maximum absolute atomic E-state index is 13.5. The minimum atomic E-state index is -1.32. The van der Waals surface area contributed by atoms with E-state index in [1.165, 1.54) is 0 Å². The highest BCUT2D eigenvalue weighted by atomic mass is 79.9. The van der Waals surface area contributed by atoms with E-state index in [0.29, 0.717) is 76.9 Å². The standard InChI is InChI=1S/C37H58BrN5O8Si2/c1-46-15-17-50-36(45)37(51-18-16-47-2)13-11-28(12-14-37)33-32(38)35(42(26-48-19-21-52(3,4)5)27-49-20-22-53(6,7)8)43-34(41-33)31(24-40-43)29-9-10-30(25-44)39-23-29/h9-10,23-25,28H,11-22,26-27H2,1-8H3. The summed E-state index contributed by atoms with van der Waals surface area (Å²) in [6, 6.07) is 5.62. The van der Waals surface area contributed by atoms with Gasteiger partial charge in [0.15, 0.2) is 23.4 Å². The van der Waals surface area contributed by atoms with E-state index in [1.54, 1.807) is 32.7 Å². The molecule has 1 aliphatic carbocycles. The van der Waals surface area contributed by atoms with Crippen LogP contribution in [-0.4, -0.2) is 121 Å². The van der Waals surface area contributed by atoms with Gasteiger partial charge < -0.3 is 33.3 Å². The molecule has 0 saturated heterocycles. The van der Waals surface area contributed by atoms with Crippen molar-refractivity contribution in [3.8, 4) is 11.1 Å². The molecule has 0 atom stereocenters. The van der Waals surface area contributed by atoms with Gasteiger partial charge in [-0.3, -0.25) is 9.78 Å². The third-order valence-corrected chi connectivity index (χ3v) is 13.5. The number of nitrogens with zero attached hydrogens (tertiary/aromatic N) is 5. The van der Waals surface area contributed by atoms with Gasteiger partial charge in [-0.15, -0.1) is 0 Å². The van der Waals surface area contributed by atoms with Gasteiger partial charge in [-0.25, -0.2) is 9.78 Å². The first kappa shape index (κ1) is 43.2. The number of methoxy groups -OCH3 is 2. The molecule has 0 spiro atoms. The molecule has 13 nitrogen and oxygen atoms in total. The van der Waals surface area contributed by atoms with Crippen LogP contribution in [0.4, 0.5) is 5.82 Å². The number of carbonyl (C=O) groups is 2. The zero-order chi connectivity index (χ0) is 38.6. The average Bonchev–Trinajstić information content (AvgIpc) is 3.54. The summed E-state index contributed by atoms with van der Waals surface area (Å²) in [6.45, 7) is 17.0. The van der Waals surface area contributed by atoms with E-state index in [2.05, 4.69) is 65.1 Å². The fraction of sp³-hybridized carbons (Fsp3) is 0.649. The topological polar surface area (TPSA) is 136 Å². The maximum Gasteiger partial charge on any atom is 0.338 e. The number of pyridine rings is 1. The molecule has 0 radical (unpaired) electrons.